The number of aromatic nitrogens is 1. The number of hydrogen-bond acceptors (Lipinski definition) is 6. The van der Waals surface area contributed by atoms with Gasteiger partial charge in [-0.15, -0.1) is 0 Å². The molecule has 0 radical (unpaired) electrons. The third-order valence-electron chi connectivity index (χ3n) is 4.80. The fourth-order valence-corrected chi connectivity index (χ4v) is 3.59. The van der Waals surface area contributed by atoms with Crippen molar-refractivity contribution in [2.75, 3.05) is 19.6 Å². The number of nitrogens with zero attached hydrogens (tertiary/aromatic N) is 1. The molecule has 0 bridgehead atoms. The Labute approximate surface area is 134 Å². The lowest BCUT2D eigenvalue weighted by Gasteiger charge is -2.50. The lowest BCUT2D eigenvalue weighted by molar-refractivity contribution is 0.0212. The maximum atomic E-state index is 11.7. The lowest BCUT2D eigenvalue weighted by atomic mass is 9.58. The van der Waals surface area contributed by atoms with Gasteiger partial charge in [0.05, 0.1) is 0 Å². The minimum absolute atomic E-state index is 0.0192. The van der Waals surface area contributed by atoms with Gasteiger partial charge in [-0.25, -0.2) is 4.79 Å². The molecule has 1 saturated heterocycles. The van der Waals surface area contributed by atoms with Crippen molar-refractivity contribution in [1.82, 2.24) is 15.8 Å². The Hall–Kier alpha value is -2.09. The smallest absolute Gasteiger partial charge is 0.407 e. The second-order valence-electron chi connectivity index (χ2n) is 6.52. The first-order valence-electron chi connectivity index (χ1n) is 7.93. The fraction of sp³-hybridized carbons (Fsp3) is 0.667. The molecule has 1 aromatic heterocycles. The molecule has 2 fully saturated rings. The van der Waals surface area contributed by atoms with E-state index in [0.717, 1.165) is 13.1 Å². The summed E-state index contributed by atoms with van der Waals surface area (Å²) in [4.78, 5) is 22.5. The van der Waals surface area contributed by atoms with Crippen LogP contribution in [-0.2, 0) is 11.3 Å². The summed E-state index contributed by atoms with van der Waals surface area (Å²) in [6.07, 6.45) is 4.34. The Kier molecular flexibility index (Phi) is 4.51. The Morgan fingerprint density at radius 1 is 1.43 bits per heavy atom. The molecule has 126 valence electrons. The molecule has 2 heterocycles. The average Bonchev–Trinajstić information content (AvgIpc) is 2.99. The van der Waals surface area contributed by atoms with Crippen LogP contribution < -0.4 is 16.4 Å². The van der Waals surface area contributed by atoms with Crippen LogP contribution in [0.4, 0.5) is 4.79 Å². The Morgan fingerprint density at radius 2 is 2.17 bits per heavy atom. The predicted molar refractivity (Wildman–Crippen MR) is 80.5 cm³/mol. The van der Waals surface area contributed by atoms with Crippen LogP contribution in [0.3, 0.4) is 0 Å². The summed E-state index contributed by atoms with van der Waals surface area (Å²) < 4.78 is 9.88. The summed E-state index contributed by atoms with van der Waals surface area (Å²) in [6, 6.07) is 1.36. The number of rotatable bonds is 5. The molecule has 4 N–H and O–H groups in total. The number of nitrogens with one attached hydrogen (secondary N) is 2. The lowest BCUT2D eigenvalue weighted by Crippen LogP contribution is -2.48. The van der Waals surface area contributed by atoms with Crippen molar-refractivity contribution in [2.45, 2.75) is 32.3 Å². The number of ether oxygens (including phenoxy) is 1. The van der Waals surface area contributed by atoms with E-state index in [-0.39, 0.29) is 18.1 Å². The molecular formula is C15H22N4O4. The number of alkyl carbamates (subject to hydrolysis) is 1. The molecule has 2 aliphatic rings. The van der Waals surface area contributed by atoms with Gasteiger partial charge in [-0.1, -0.05) is 5.16 Å². The summed E-state index contributed by atoms with van der Waals surface area (Å²) in [6.45, 7) is 2.77. The fourth-order valence-electron chi connectivity index (χ4n) is 3.59. The highest BCUT2D eigenvalue weighted by Gasteiger charge is 2.44. The second kappa shape index (κ2) is 6.57. The zero-order valence-electron chi connectivity index (χ0n) is 13.0. The minimum Gasteiger partial charge on any atom is -0.441 e. The maximum Gasteiger partial charge on any atom is 0.407 e. The van der Waals surface area contributed by atoms with Gasteiger partial charge in [0.25, 0.3) is 5.91 Å². The SMILES string of the molecule is NC(=O)c1cc(COC(=O)NCC2CC3(CCNCC3)C2)on1. The summed E-state index contributed by atoms with van der Waals surface area (Å²) in [5.74, 6) is 0.139. The molecule has 1 aromatic rings. The van der Waals surface area contributed by atoms with E-state index in [1.54, 1.807) is 0 Å². The van der Waals surface area contributed by atoms with Crippen LogP contribution in [0.5, 0.6) is 0 Å². The third-order valence-corrected chi connectivity index (χ3v) is 4.80. The van der Waals surface area contributed by atoms with Crippen molar-refractivity contribution in [1.29, 1.82) is 0 Å². The first-order chi connectivity index (χ1) is 11.1. The van der Waals surface area contributed by atoms with Crippen molar-refractivity contribution in [2.24, 2.45) is 17.1 Å². The van der Waals surface area contributed by atoms with E-state index in [1.165, 1.54) is 31.7 Å². The zero-order chi connectivity index (χ0) is 16.3. The van der Waals surface area contributed by atoms with Crippen LogP contribution in [0.2, 0.25) is 0 Å². The Bertz CT molecular complexity index is 572. The molecule has 1 aliphatic heterocycles. The summed E-state index contributed by atoms with van der Waals surface area (Å²) in [5, 5.41) is 9.63. The molecule has 2 amide bonds. The molecule has 8 nitrogen and oxygen atoms in total. The van der Waals surface area contributed by atoms with Gasteiger partial charge in [-0.3, -0.25) is 4.79 Å². The van der Waals surface area contributed by atoms with Gasteiger partial charge in [0.15, 0.2) is 18.1 Å². The topological polar surface area (TPSA) is 119 Å². The van der Waals surface area contributed by atoms with Crippen LogP contribution in [0.15, 0.2) is 10.6 Å². The normalized spacial score (nSPS) is 20.0. The van der Waals surface area contributed by atoms with E-state index >= 15 is 0 Å². The van der Waals surface area contributed by atoms with E-state index in [1.807, 2.05) is 0 Å². The van der Waals surface area contributed by atoms with Crippen LogP contribution in [0, 0.1) is 11.3 Å². The molecular weight excluding hydrogens is 300 g/mol. The number of primary amides is 1. The molecule has 8 heteroatoms. The highest BCUT2D eigenvalue weighted by atomic mass is 16.6. The molecule has 0 aromatic carbocycles. The van der Waals surface area contributed by atoms with Crippen LogP contribution in [0.1, 0.15) is 41.9 Å². The Balaban J connectivity index is 1.33. The van der Waals surface area contributed by atoms with E-state index in [2.05, 4.69) is 15.8 Å². The van der Waals surface area contributed by atoms with Crippen molar-refractivity contribution < 1.29 is 18.8 Å². The first kappa shape index (κ1) is 15.8. The molecule has 0 unspecified atom stereocenters. The van der Waals surface area contributed by atoms with Gasteiger partial charge < -0.3 is 25.6 Å². The Morgan fingerprint density at radius 3 is 2.83 bits per heavy atom. The summed E-state index contributed by atoms with van der Waals surface area (Å²) in [5.41, 5.74) is 5.58. The van der Waals surface area contributed by atoms with E-state index in [0.29, 0.717) is 17.9 Å². The number of hydrogen-bond donors (Lipinski definition) is 3. The number of carbonyl (C=O) groups is 2. The number of carbonyl (C=O) groups excluding carboxylic acids is 2. The summed E-state index contributed by atoms with van der Waals surface area (Å²) >= 11 is 0. The highest BCUT2D eigenvalue weighted by molar-refractivity contribution is 5.90. The number of amides is 2. The van der Waals surface area contributed by atoms with E-state index < -0.39 is 12.0 Å². The molecule has 1 spiro atoms. The van der Waals surface area contributed by atoms with Gasteiger partial charge >= 0.3 is 6.09 Å². The van der Waals surface area contributed by atoms with Gasteiger partial charge in [0, 0.05) is 12.6 Å². The largest absolute Gasteiger partial charge is 0.441 e. The second-order valence-corrected chi connectivity index (χ2v) is 6.52. The van der Waals surface area contributed by atoms with Crippen LogP contribution in [-0.4, -0.2) is 36.8 Å². The molecule has 3 rings (SSSR count). The number of nitrogens with two attached hydrogens (primary N) is 1. The third kappa shape index (κ3) is 3.82. The van der Waals surface area contributed by atoms with Crippen molar-refractivity contribution in [3.8, 4) is 0 Å². The standard InChI is InChI=1S/C15H22N4O4/c16-13(20)12-5-11(23-19-12)9-22-14(21)18-8-10-6-15(7-10)1-3-17-4-2-15/h5,10,17H,1-4,6-9H2,(H2,16,20)(H,18,21). The van der Waals surface area contributed by atoms with Gasteiger partial charge in [-0.05, 0) is 50.1 Å². The zero-order valence-corrected chi connectivity index (χ0v) is 13.0. The summed E-state index contributed by atoms with van der Waals surface area (Å²) in [7, 11) is 0. The van der Waals surface area contributed by atoms with Gasteiger partial charge in [-0.2, -0.15) is 0 Å². The molecule has 1 saturated carbocycles. The average molecular weight is 322 g/mol. The quantitative estimate of drug-likeness (QED) is 0.737. The van der Waals surface area contributed by atoms with E-state index in [4.69, 9.17) is 15.0 Å². The molecule has 23 heavy (non-hydrogen) atoms. The first-order valence-corrected chi connectivity index (χ1v) is 7.93. The maximum absolute atomic E-state index is 11.7. The highest BCUT2D eigenvalue weighted by Crippen LogP contribution is 2.51. The van der Waals surface area contributed by atoms with Crippen molar-refractivity contribution >= 4 is 12.0 Å². The minimum atomic E-state index is -0.679. The predicted octanol–water partition coefficient (Wildman–Crippen LogP) is 0.779. The molecule has 1 aliphatic carbocycles. The van der Waals surface area contributed by atoms with Gasteiger partial charge in [0.2, 0.25) is 0 Å². The van der Waals surface area contributed by atoms with E-state index in [9.17, 15) is 9.59 Å². The van der Waals surface area contributed by atoms with Crippen LogP contribution in [0.25, 0.3) is 0 Å². The van der Waals surface area contributed by atoms with Crippen LogP contribution >= 0.6 is 0 Å². The molecule has 0 atom stereocenters. The number of piperidine rings is 1. The monoisotopic (exact) mass is 322 g/mol. The van der Waals surface area contributed by atoms with Crippen molar-refractivity contribution in [3.05, 3.63) is 17.5 Å². The van der Waals surface area contributed by atoms with Crippen molar-refractivity contribution in [3.63, 3.8) is 0 Å². The van der Waals surface area contributed by atoms with Gasteiger partial charge in [0.1, 0.15) is 0 Å².